The van der Waals surface area contributed by atoms with Crippen molar-refractivity contribution in [1.82, 2.24) is 15.5 Å². The van der Waals surface area contributed by atoms with Gasteiger partial charge in [-0.1, -0.05) is 39.3 Å². The summed E-state index contributed by atoms with van der Waals surface area (Å²) >= 11 is 0. The number of hydrogen-bond acceptors (Lipinski definition) is 6. The number of aldehydes is 1. The number of unbranched alkanes of at least 4 members (excludes halogenated alkanes) is 1. The number of nitrogens with one attached hydrogen (secondary N) is 2. The second-order valence-corrected chi connectivity index (χ2v) is 10.2. The Morgan fingerprint density at radius 3 is 2.71 bits per heavy atom. The molecule has 0 spiro atoms. The molecule has 0 bridgehead atoms. The molecule has 3 atom stereocenters. The number of likely N-dealkylation sites (N-methyl/N-ethyl adjacent to an activating group) is 1. The standard InChI is InChI=1S/C27H44N4O4/c1-5-27(14-7-9-16-31(4)19-27)21-11-10-13-23(17-21)35-26(34)29-15-8-6-12-22(18-32)30-25(33)24(28)20(2)3/h10-11,13,17-18,20,22,24H,5-9,12,14-16,19,28H2,1-4H3,(H,29,34)(H,30,33). The molecular formula is C27H44N4O4. The van der Waals surface area contributed by atoms with Crippen molar-refractivity contribution in [3.8, 4) is 5.75 Å². The SMILES string of the molecule is CCC1(c2cccc(OC(=O)NCCCCC(C=O)NC(=O)C(N)C(C)C)c2)CCCCN(C)C1. The summed E-state index contributed by atoms with van der Waals surface area (Å²) in [7, 11) is 2.18. The molecule has 2 amide bonds. The van der Waals surface area contributed by atoms with Crippen LogP contribution >= 0.6 is 0 Å². The lowest BCUT2D eigenvalue weighted by molar-refractivity contribution is -0.126. The molecule has 1 fully saturated rings. The minimum atomic E-state index is -0.636. The molecule has 8 heteroatoms. The first-order valence-corrected chi connectivity index (χ1v) is 13.0. The Morgan fingerprint density at radius 2 is 2.03 bits per heavy atom. The number of likely N-dealkylation sites (tertiary alicyclic amines) is 1. The summed E-state index contributed by atoms with van der Waals surface area (Å²) in [6.07, 6.45) is 6.65. The molecule has 0 saturated carbocycles. The number of ether oxygens (including phenoxy) is 1. The third-order valence-corrected chi connectivity index (χ3v) is 7.08. The number of benzene rings is 1. The van der Waals surface area contributed by atoms with E-state index in [0.29, 0.717) is 31.6 Å². The van der Waals surface area contributed by atoms with Gasteiger partial charge >= 0.3 is 6.09 Å². The third kappa shape index (κ3) is 8.93. The Kier molecular flexibility index (Phi) is 11.7. The largest absolute Gasteiger partial charge is 0.412 e. The zero-order chi connectivity index (χ0) is 25.8. The zero-order valence-electron chi connectivity index (χ0n) is 21.8. The van der Waals surface area contributed by atoms with Gasteiger partial charge < -0.3 is 30.8 Å². The summed E-state index contributed by atoms with van der Waals surface area (Å²) in [5, 5.41) is 5.45. The van der Waals surface area contributed by atoms with Crippen LogP contribution in [0.1, 0.15) is 71.3 Å². The number of rotatable bonds is 12. The van der Waals surface area contributed by atoms with E-state index in [1.165, 1.54) is 18.4 Å². The van der Waals surface area contributed by atoms with Gasteiger partial charge in [0.05, 0.1) is 12.1 Å². The summed E-state index contributed by atoms with van der Waals surface area (Å²) in [6.45, 7) is 8.50. The number of nitrogens with zero attached hydrogens (tertiary/aromatic N) is 1. The highest BCUT2D eigenvalue weighted by atomic mass is 16.6. The lowest BCUT2D eigenvalue weighted by Crippen LogP contribution is -2.48. The van der Waals surface area contributed by atoms with Gasteiger partial charge in [0.2, 0.25) is 5.91 Å². The Balaban J connectivity index is 1.79. The molecule has 0 aliphatic carbocycles. The maximum atomic E-state index is 12.3. The fourth-order valence-corrected chi connectivity index (χ4v) is 4.72. The number of amides is 2. The minimum absolute atomic E-state index is 0.000722. The third-order valence-electron chi connectivity index (χ3n) is 7.08. The average Bonchev–Trinajstić information content (AvgIpc) is 3.04. The van der Waals surface area contributed by atoms with Crippen molar-refractivity contribution in [2.45, 2.75) is 83.2 Å². The van der Waals surface area contributed by atoms with E-state index < -0.39 is 18.2 Å². The molecule has 1 aromatic carbocycles. The Morgan fingerprint density at radius 1 is 1.26 bits per heavy atom. The lowest BCUT2D eigenvalue weighted by Gasteiger charge is -2.35. The summed E-state index contributed by atoms with van der Waals surface area (Å²) in [6, 6.07) is 6.70. The van der Waals surface area contributed by atoms with Crippen molar-refractivity contribution in [2.24, 2.45) is 11.7 Å². The van der Waals surface area contributed by atoms with Crippen molar-refractivity contribution in [1.29, 1.82) is 0 Å². The summed E-state index contributed by atoms with van der Waals surface area (Å²) in [5.41, 5.74) is 7.12. The fraction of sp³-hybridized carbons (Fsp3) is 0.667. The van der Waals surface area contributed by atoms with Gasteiger partial charge in [-0.25, -0.2) is 4.79 Å². The Labute approximate surface area is 210 Å². The molecule has 0 radical (unpaired) electrons. The second kappa shape index (κ2) is 14.2. The van der Waals surface area contributed by atoms with Gasteiger partial charge in [-0.15, -0.1) is 0 Å². The monoisotopic (exact) mass is 488 g/mol. The molecule has 35 heavy (non-hydrogen) atoms. The van der Waals surface area contributed by atoms with Crippen LogP contribution in [0.4, 0.5) is 4.79 Å². The highest BCUT2D eigenvalue weighted by Gasteiger charge is 2.33. The Bertz CT molecular complexity index is 831. The molecule has 8 nitrogen and oxygen atoms in total. The van der Waals surface area contributed by atoms with E-state index in [9.17, 15) is 14.4 Å². The minimum Gasteiger partial charge on any atom is -0.410 e. The van der Waals surface area contributed by atoms with Crippen LogP contribution < -0.4 is 21.1 Å². The zero-order valence-corrected chi connectivity index (χ0v) is 21.8. The van der Waals surface area contributed by atoms with Crippen LogP contribution in [0, 0.1) is 5.92 Å². The predicted molar refractivity (Wildman–Crippen MR) is 138 cm³/mol. The quantitative estimate of drug-likeness (QED) is 0.307. The van der Waals surface area contributed by atoms with Crippen LogP contribution in [-0.2, 0) is 15.0 Å². The molecular weight excluding hydrogens is 444 g/mol. The molecule has 1 saturated heterocycles. The second-order valence-electron chi connectivity index (χ2n) is 10.2. The predicted octanol–water partition coefficient (Wildman–Crippen LogP) is 3.38. The number of nitrogens with two attached hydrogens (primary N) is 1. The van der Waals surface area contributed by atoms with E-state index in [0.717, 1.165) is 32.2 Å². The smallest absolute Gasteiger partial charge is 0.410 e. The van der Waals surface area contributed by atoms with Crippen molar-refractivity contribution in [3.63, 3.8) is 0 Å². The van der Waals surface area contributed by atoms with Gasteiger partial charge in [0, 0.05) is 18.5 Å². The van der Waals surface area contributed by atoms with Crippen LogP contribution in [0.2, 0.25) is 0 Å². The summed E-state index contributed by atoms with van der Waals surface area (Å²) in [5.74, 6) is 0.227. The maximum absolute atomic E-state index is 12.3. The number of carbonyl (C=O) groups excluding carboxylic acids is 3. The van der Waals surface area contributed by atoms with Gasteiger partial charge in [0.25, 0.3) is 0 Å². The van der Waals surface area contributed by atoms with Crippen LogP contribution in [0.15, 0.2) is 24.3 Å². The van der Waals surface area contributed by atoms with E-state index in [2.05, 4.69) is 35.6 Å². The van der Waals surface area contributed by atoms with Crippen molar-refractivity contribution in [3.05, 3.63) is 29.8 Å². The highest BCUT2D eigenvalue weighted by molar-refractivity contribution is 5.84. The van der Waals surface area contributed by atoms with Gasteiger partial charge in [0.1, 0.15) is 12.0 Å². The van der Waals surface area contributed by atoms with Gasteiger partial charge in [-0.05, 0) is 75.7 Å². The Hall–Kier alpha value is -2.45. The van der Waals surface area contributed by atoms with E-state index in [-0.39, 0.29) is 17.2 Å². The van der Waals surface area contributed by atoms with Crippen molar-refractivity contribution < 1.29 is 19.1 Å². The first-order valence-electron chi connectivity index (χ1n) is 13.0. The fourth-order valence-electron chi connectivity index (χ4n) is 4.72. The van der Waals surface area contributed by atoms with Gasteiger partial charge in [-0.3, -0.25) is 4.79 Å². The van der Waals surface area contributed by atoms with Crippen molar-refractivity contribution in [2.75, 3.05) is 26.7 Å². The maximum Gasteiger partial charge on any atom is 0.412 e. The molecule has 1 aliphatic heterocycles. The lowest BCUT2D eigenvalue weighted by atomic mass is 9.74. The van der Waals surface area contributed by atoms with E-state index >= 15 is 0 Å². The topological polar surface area (TPSA) is 114 Å². The van der Waals surface area contributed by atoms with Crippen LogP contribution in [0.3, 0.4) is 0 Å². The highest BCUT2D eigenvalue weighted by Crippen LogP contribution is 2.37. The van der Waals surface area contributed by atoms with Gasteiger partial charge in [-0.2, -0.15) is 0 Å². The first kappa shape index (κ1) is 28.8. The molecule has 1 aromatic rings. The van der Waals surface area contributed by atoms with Gasteiger partial charge in [0.15, 0.2) is 0 Å². The first-order chi connectivity index (χ1) is 16.7. The van der Waals surface area contributed by atoms with E-state index in [4.69, 9.17) is 10.5 Å². The van der Waals surface area contributed by atoms with Crippen LogP contribution in [0.5, 0.6) is 5.75 Å². The number of carbonyl (C=O) groups is 3. The molecule has 3 unspecified atom stereocenters. The van der Waals surface area contributed by atoms with Crippen LogP contribution in [-0.4, -0.2) is 62.0 Å². The number of hydrogen-bond donors (Lipinski definition) is 3. The molecule has 196 valence electrons. The van der Waals surface area contributed by atoms with E-state index in [1.54, 1.807) is 0 Å². The summed E-state index contributed by atoms with van der Waals surface area (Å²) < 4.78 is 5.55. The molecule has 0 aromatic heterocycles. The average molecular weight is 489 g/mol. The van der Waals surface area contributed by atoms with Crippen LogP contribution in [0.25, 0.3) is 0 Å². The van der Waals surface area contributed by atoms with Crippen molar-refractivity contribution >= 4 is 18.3 Å². The molecule has 4 N–H and O–H groups in total. The molecule has 2 rings (SSSR count). The van der Waals surface area contributed by atoms with E-state index in [1.807, 2.05) is 32.0 Å². The normalized spacial score (nSPS) is 20.5. The molecule has 1 aliphatic rings. The molecule has 1 heterocycles. The summed E-state index contributed by atoms with van der Waals surface area (Å²) in [4.78, 5) is 38.0.